The van der Waals surface area contributed by atoms with Crippen LogP contribution in [0.5, 0.6) is 0 Å². The smallest absolute Gasteiger partial charge is 0.229 e. The van der Waals surface area contributed by atoms with Crippen LogP contribution in [0.2, 0.25) is 20.4 Å². The summed E-state index contributed by atoms with van der Waals surface area (Å²) in [6.07, 6.45) is 0. The first-order chi connectivity index (χ1) is 8.71. The molecule has 0 aliphatic heterocycles. The molecule has 19 heavy (non-hydrogen) atoms. The van der Waals surface area contributed by atoms with Crippen LogP contribution in [0.15, 0.2) is 12.1 Å². The number of rotatable bonds is 1. The molecule has 1 heterocycles. The molecule has 1 aromatic heterocycles. The maximum Gasteiger partial charge on any atom is 0.229 e. The lowest BCUT2D eigenvalue weighted by molar-refractivity contribution is 0.533. The predicted octanol–water partition coefficient (Wildman–Crippen LogP) is 5.18. The fraction of sp³-hybridized carbons (Fsp3) is 0.333. The van der Waals surface area contributed by atoms with Crippen LogP contribution >= 0.6 is 46.4 Å². The van der Waals surface area contributed by atoms with Gasteiger partial charge < -0.3 is 0 Å². The minimum atomic E-state index is -0.240. The number of hydrogen-bond donors (Lipinski definition) is 0. The third-order valence-corrected chi connectivity index (χ3v) is 3.79. The monoisotopic (exact) mass is 337 g/mol. The number of aromatic nitrogens is 3. The van der Waals surface area contributed by atoms with E-state index in [4.69, 9.17) is 46.4 Å². The van der Waals surface area contributed by atoms with Crippen molar-refractivity contribution < 1.29 is 0 Å². The van der Waals surface area contributed by atoms with Gasteiger partial charge >= 0.3 is 0 Å². The van der Waals surface area contributed by atoms with Crippen LogP contribution in [0.3, 0.4) is 0 Å². The Kier molecular flexibility index (Phi) is 4.03. The second-order valence-corrected chi connectivity index (χ2v) is 6.66. The van der Waals surface area contributed by atoms with Crippen LogP contribution < -0.4 is 0 Å². The molecule has 3 nitrogen and oxygen atoms in total. The van der Waals surface area contributed by atoms with Gasteiger partial charge in [0.05, 0.1) is 20.8 Å². The van der Waals surface area contributed by atoms with E-state index < -0.39 is 0 Å². The number of benzene rings is 1. The maximum atomic E-state index is 6.21. The molecule has 2 aromatic rings. The van der Waals surface area contributed by atoms with Gasteiger partial charge in [-0.25, -0.2) is 0 Å². The van der Waals surface area contributed by atoms with E-state index in [1.165, 1.54) is 0 Å². The molecule has 0 fully saturated rings. The Morgan fingerprint density at radius 1 is 0.895 bits per heavy atom. The van der Waals surface area contributed by atoms with Gasteiger partial charge in [-0.05, 0) is 23.7 Å². The van der Waals surface area contributed by atoms with Crippen LogP contribution in [0.4, 0.5) is 0 Å². The largest absolute Gasteiger partial charge is 0.268 e. The number of halogens is 4. The summed E-state index contributed by atoms with van der Waals surface area (Å²) in [6.45, 7) is 6.03. The van der Waals surface area contributed by atoms with Crippen molar-refractivity contribution in [2.75, 3.05) is 0 Å². The Labute approximate surface area is 131 Å². The molecule has 0 aliphatic rings. The highest BCUT2D eigenvalue weighted by atomic mass is 35.5. The van der Waals surface area contributed by atoms with Crippen molar-refractivity contribution in [3.05, 3.63) is 38.3 Å². The fourth-order valence-corrected chi connectivity index (χ4v) is 2.48. The lowest BCUT2D eigenvalue weighted by atomic mass is 9.95. The summed E-state index contributed by atoms with van der Waals surface area (Å²) in [4.78, 5) is 0. The quantitative estimate of drug-likeness (QED) is 0.671. The Morgan fingerprint density at radius 3 is 2.05 bits per heavy atom. The molecule has 0 spiro atoms. The predicted molar refractivity (Wildman–Crippen MR) is 80.1 cm³/mol. The highest BCUT2D eigenvalue weighted by Crippen LogP contribution is 2.35. The molecule has 0 atom stereocenters. The zero-order chi connectivity index (χ0) is 14.4. The summed E-state index contributed by atoms with van der Waals surface area (Å²) in [5, 5.41) is 9.44. The van der Waals surface area contributed by atoms with Crippen molar-refractivity contribution >= 4 is 46.4 Å². The van der Waals surface area contributed by atoms with Crippen LogP contribution in [-0.4, -0.2) is 14.8 Å². The molecule has 0 radical (unpaired) electrons. The Hall–Kier alpha value is -0.480. The minimum Gasteiger partial charge on any atom is -0.268 e. The molecule has 0 saturated heterocycles. The summed E-state index contributed by atoms with van der Waals surface area (Å²) in [6, 6.07) is 3.22. The van der Waals surface area contributed by atoms with Gasteiger partial charge in [0, 0.05) is 5.41 Å². The van der Waals surface area contributed by atoms with E-state index in [0.29, 0.717) is 26.6 Å². The minimum absolute atomic E-state index is 0.227. The zero-order valence-corrected chi connectivity index (χ0v) is 13.5. The fourth-order valence-electron chi connectivity index (χ4n) is 1.65. The van der Waals surface area contributed by atoms with Crippen LogP contribution in [0, 0.1) is 0 Å². The highest BCUT2D eigenvalue weighted by molar-refractivity contribution is 6.43. The van der Waals surface area contributed by atoms with Gasteiger partial charge in [0.15, 0.2) is 0 Å². The SMILES string of the molecule is CC(C)(C)c1nnc(Cl)n1-c1cc(Cl)c(Cl)cc1Cl. The topological polar surface area (TPSA) is 30.7 Å². The van der Waals surface area contributed by atoms with E-state index in [1.807, 2.05) is 20.8 Å². The maximum absolute atomic E-state index is 6.21. The first-order valence-corrected chi connectivity index (χ1v) is 6.99. The first kappa shape index (κ1) is 14.9. The number of hydrogen-bond acceptors (Lipinski definition) is 2. The lowest BCUT2D eigenvalue weighted by Crippen LogP contribution is -2.18. The van der Waals surface area contributed by atoms with Crippen molar-refractivity contribution in [2.24, 2.45) is 0 Å². The number of nitrogens with zero attached hydrogens (tertiary/aromatic N) is 3. The van der Waals surface area contributed by atoms with Gasteiger partial charge in [-0.2, -0.15) is 0 Å². The van der Waals surface area contributed by atoms with Gasteiger partial charge in [0.25, 0.3) is 0 Å². The molecular weight excluding hydrogens is 328 g/mol. The molecule has 2 rings (SSSR count). The Balaban J connectivity index is 2.73. The van der Waals surface area contributed by atoms with E-state index >= 15 is 0 Å². The van der Waals surface area contributed by atoms with Gasteiger partial charge in [-0.1, -0.05) is 55.6 Å². The standard InChI is InChI=1S/C12H11Cl4N3/c1-12(2,3)10-17-18-11(16)19(10)9-5-7(14)6(13)4-8(9)15/h4-5H,1-3H3. The molecule has 0 amide bonds. The van der Waals surface area contributed by atoms with Crippen LogP contribution in [0.25, 0.3) is 5.69 Å². The molecule has 102 valence electrons. The molecule has 0 N–H and O–H groups in total. The van der Waals surface area contributed by atoms with Crippen molar-refractivity contribution in [1.29, 1.82) is 0 Å². The summed E-state index contributed by atoms with van der Waals surface area (Å²) in [7, 11) is 0. The third-order valence-electron chi connectivity index (χ3n) is 2.53. The van der Waals surface area contributed by atoms with Crippen LogP contribution in [-0.2, 0) is 5.41 Å². The second-order valence-electron chi connectivity index (χ2n) is 5.10. The summed E-state index contributed by atoms with van der Waals surface area (Å²) in [5.74, 6) is 0.692. The summed E-state index contributed by atoms with van der Waals surface area (Å²) in [5.41, 5.74) is 0.367. The van der Waals surface area contributed by atoms with Gasteiger partial charge in [0.1, 0.15) is 5.82 Å². The van der Waals surface area contributed by atoms with Crippen molar-refractivity contribution in [3.8, 4) is 5.69 Å². The molecule has 0 aliphatic carbocycles. The molecule has 0 saturated carbocycles. The van der Waals surface area contributed by atoms with Gasteiger partial charge in [0.2, 0.25) is 5.28 Å². The average molecular weight is 339 g/mol. The second kappa shape index (κ2) is 5.13. The van der Waals surface area contributed by atoms with Crippen molar-refractivity contribution in [1.82, 2.24) is 14.8 Å². The highest BCUT2D eigenvalue weighted by Gasteiger charge is 2.25. The van der Waals surface area contributed by atoms with E-state index in [2.05, 4.69) is 10.2 Å². The summed E-state index contributed by atoms with van der Waals surface area (Å²) < 4.78 is 1.67. The van der Waals surface area contributed by atoms with Gasteiger partial charge in [-0.3, -0.25) is 4.57 Å². The zero-order valence-electron chi connectivity index (χ0n) is 10.5. The van der Waals surface area contributed by atoms with Crippen molar-refractivity contribution in [2.45, 2.75) is 26.2 Å². The Morgan fingerprint density at radius 2 is 1.47 bits per heavy atom. The normalized spacial score (nSPS) is 11.9. The van der Waals surface area contributed by atoms with E-state index in [0.717, 1.165) is 0 Å². The summed E-state index contributed by atoms with van der Waals surface area (Å²) >= 11 is 24.3. The third kappa shape index (κ3) is 2.84. The Bertz CT molecular complexity index is 629. The molecular formula is C12H11Cl4N3. The van der Waals surface area contributed by atoms with Gasteiger partial charge in [-0.15, -0.1) is 10.2 Å². The molecule has 0 unspecified atom stereocenters. The lowest BCUT2D eigenvalue weighted by Gasteiger charge is -2.20. The molecule has 7 heteroatoms. The molecule has 0 bridgehead atoms. The van der Waals surface area contributed by atoms with Crippen molar-refractivity contribution in [3.63, 3.8) is 0 Å². The average Bonchev–Trinajstić information content (AvgIpc) is 2.65. The molecule has 1 aromatic carbocycles. The van der Waals surface area contributed by atoms with E-state index in [9.17, 15) is 0 Å². The van der Waals surface area contributed by atoms with Crippen LogP contribution in [0.1, 0.15) is 26.6 Å². The van der Waals surface area contributed by atoms with E-state index in [1.54, 1.807) is 16.7 Å². The first-order valence-electron chi connectivity index (χ1n) is 5.48. The van der Waals surface area contributed by atoms with E-state index in [-0.39, 0.29) is 10.7 Å².